The van der Waals surface area contributed by atoms with E-state index in [1.165, 1.54) is 11.8 Å². The van der Waals surface area contributed by atoms with Gasteiger partial charge >= 0.3 is 0 Å². The normalized spacial score (nSPS) is 11.6. The number of rotatable bonds is 10. The summed E-state index contributed by atoms with van der Waals surface area (Å²) in [6.45, 7) is 2.40. The van der Waals surface area contributed by atoms with Gasteiger partial charge in [0.1, 0.15) is 6.04 Å². The molecule has 2 amide bonds. The summed E-state index contributed by atoms with van der Waals surface area (Å²) < 4.78 is 0. The summed E-state index contributed by atoms with van der Waals surface area (Å²) in [5, 5.41) is 3.44. The third-order valence-corrected chi connectivity index (χ3v) is 6.56. The number of likely N-dealkylation sites (N-methyl/N-ethyl adjacent to an activating group) is 1. The molecule has 6 heteroatoms. The predicted octanol–water partition coefficient (Wildman–Crippen LogP) is 5.27. The highest BCUT2D eigenvalue weighted by Gasteiger charge is 2.29. The molecule has 0 aromatic heterocycles. The van der Waals surface area contributed by atoms with Gasteiger partial charge in [0.15, 0.2) is 0 Å². The Morgan fingerprint density at radius 1 is 0.939 bits per heavy atom. The van der Waals surface area contributed by atoms with Crippen molar-refractivity contribution in [3.05, 3.63) is 106 Å². The summed E-state index contributed by atoms with van der Waals surface area (Å²) >= 11 is 7.61. The Balaban J connectivity index is 1.81. The number of thioether (sulfide) groups is 1. The van der Waals surface area contributed by atoms with Crippen LogP contribution in [0.2, 0.25) is 5.02 Å². The fourth-order valence-corrected chi connectivity index (χ4v) is 4.76. The van der Waals surface area contributed by atoms with Crippen LogP contribution >= 0.6 is 23.4 Å². The van der Waals surface area contributed by atoms with Crippen LogP contribution in [0.5, 0.6) is 0 Å². The second-order valence-corrected chi connectivity index (χ2v) is 9.38. The first-order valence-corrected chi connectivity index (χ1v) is 12.4. The van der Waals surface area contributed by atoms with E-state index in [1.54, 1.807) is 11.9 Å². The Morgan fingerprint density at radius 3 is 2.33 bits per heavy atom. The Labute approximate surface area is 205 Å². The molecule has 0 bridgehead atoms. The molecular formula is C27H29ClN2O2S. The number of carbonyl (C=O) groups excluding carboxylic acids is 2. The van der Waals surface area contributed by atoms with Crippen LogP contribution in [0.1, 0.15) is 22.3 Å². The Morgan fingerprint density at radius 2 is 1.64 bits per heavy atom. The van der Waals surface area contributed by atoms with Gasteiger partial charge < -0.3 is 10.2 Å². The minimum atomic E-state index is -0.600. The molecule has 3 aromatic carbocycles. The molecule has 0 saturated heterocycles. The second-order valence-electron chi connectivity index (χ2n) is 7.95. The first-order chi connectivity index (χ1) is 16.0. The van der Waals surface area contributed by atoms with Crippen molar-refractivity contribution in [2.75, 3.05) is 12.8 Å². The van der Waals surface area contributed by atoms with Gasteiger partial charge in [-0.2, -0.15) is 0 Å². The maximum atomic E-state index is 13.4. The van der Waals surface area contributed by atoms with E-state index in [9.17, 15) is 9.59 Å². The van der Waals surface area contributed by atoms with E-state index in [1.807, 2.05) is 79.7 Å². The highest BCUT2D eigenvalue weighted by atomic mass is 35.5. The van der Waals surface area contributed by atoms with Crippen molar-refractivity contribution in [3.63, 3.8) is 0 Å². The third-order valence-electron chi connectivity index (χ3n) is 5.34. The van der Waals surface area contributed by atoms with E-state index < -0.39 is 6.04 Å². The van der Waals surface area contributed by atoms with E-state index in [0.29, 0.717) is 23.7 Å². The average Bonchev–Trinajstić information content (AvgIpc) is 2.81. The van der Waals surface area contributed by atoms with Crippen molar-refractivity contribution in [2.45, 2.75) is 31.7 Å². The zero-order valence-corrected chi connectivity index (χ0v) is 20.5. The van der Waals surface area contributed by atoms with Crippen molar-refractivity contribution >= 4 is 35.2 Å². The zero-order valence-electron chi connectivity index (χ0n) is 19.0. The molecule has 0 heterocycles. The summed E-state index contributed by atoms with van der Waals surface area (Å²) in [5.41, 5.74) is 4.21. The van der Waals surface area contributed by atoms with Crippen molar-refractivity contribution in [1.82, 2.24) is 10.2 Å². The van der Waals surface area contributed by atoms with Crippen LogP contribution < -0.4 is 5.32 Å². The van der Waals surface area contributed by atoms with Crippen LogP contribution in [-0.4, -0.2) is 35.6 Å². The molecule has 1 atom stereocenters. The first kappa shape index (κ1) is 24.9. The fraction of sp³-hybridized carbons (Fsp3) is 0.259. The predicted molar refractivity (Wildman–Crippen MR) is 137 cm³/mol. The monoisotopic (exact) mass is 480 g/mol. The molecule has 4 nitrogen and oxygen atoms in total. The number of nitrogens with zero attached hydrogens (tertiary/aromatic N) is 1. The van der Waals surface area contributed by atoms with Gasteiger partial charge in [-0.3, -0.25) is 9.59 Å². The molecule has 172 valence electrons. The lowest BCUT2D eigenvalue weighted by Crippen LogP contribution is -2.50. The van der Waals surface area contributed by atoms with Gasteiger partial charge in [0, 0.05) is 30.8 Å². The number of hydrogen-bond acceptors (Lipinski definition) is 3. The second kappa shape index (κ2) is 12.5. The molecule has 3 rings (SSSR count). The molecule has 0 aliphatic carbocycles. The summed E-state index contributed by atoms with van der Waals surface area (Å²) in [6, 6.07) is 24.9. The molecule has 0 radical (unpaired) electrons. The van der Waals surface area contributed by atoms with Gasteiger partial charge in [-0.25, -0.2) is 0 Å². The molecule has 0 aliphatic rings. The van der Waals surface area contributed by atoms with Gasteiger partial charge in [0.25, 0.3) is 0 Å². The van der Waals surface area contributed by atoms with Crippen LogP contribution in [0, 0.1) is 6.92 Å². The van der Waals surface area contributed by atoms with Crippen LogP contribution in [0.4, 0.5) is 0 Å². The smallest absolute Gasteiger partial charge is 0.242 e. The van der Waals surface area contributed by atoms with E-state index in [4.69, 9.17) is 11.6 Å². The van der Waals surface area contributed by atoms with Crippen LogP contribution in [0.3, 0.4) is 0 Å². The SMILES string of the molecule is CNC(=O)[C@@H](Cc1ccccc1)N(Cc1cccc(C)c1)C(=O)CSCc1cccc(Cl)c1. The number of nitrogens with one attached hydrogen (secondary N) is 1. The summed E-state index contributed by atoms with van der Waals surface area (Å²) in [7, 11) is 1.61. The lowest BCUT2D eigenvalue weighted by molar-refractivity contribution is -0.139. The standard InChI is InChI=1S/C27H29ClN2O2S/c1-20-8-6-11-22(14-20)17-30(25(27(32)29-2)16-21-9-4-3-5-10-21)26(31)19-33-18-23-12-7-13-24(28)15-23/h3-15,25H,16-19H2,1-2H3,(H,29,32)/t25-/m1/s1. The largest absolute Gasteiger partial charge is 0.357 e. The maximum Gasteiger partial charge on any atom is 0.242 e. The van der Waals surface area contributed by atoms with Crippen LogP contribution in [0.15, 0.2) is 78.9 Å². The molecule has 0 spiro atoms. The van der Waals surface area contributed by atoms with Crippen molar-refractivity contribution < 1.29 is 9.59 Å². The van der Waals surface area contributed by atoms with E-state index in [0.717, 1.165) is 22.3 Å². The van der Waals surface area contributed by atoms with Crippen molar-refractivity contribution in [3.8, 4) is 0 Å². The number of amides is 2. The van der Waals surface area contributed by atoms with Crippen LogP contribution in [0.25, 0.3) is 0 Å². The molecule has 0 aliphatic heterocycles. The fourth-order valence-electron chi connectivity index (χ4n) is 3.69. The van der Waals surface area contributed by atoms with Gasteiger partial charge in [-0.1, -0.05) is 83.9 Å². The zero-order chi connectivity index (χ0) is 23.6. The van der Waals surface area contributed by atoms with Gasteiger partial charge in [-0.05, 0) is 35.7 Å². The van der Waals surface area contributed by atoms with Gasteiger partial charge in [-0.15, -0.1) is 11.8 Å². The Kier molecular flexibility index (Phi) is 9.40. The average molecular weight is 481 g/mol. The Hall–Kier alpha value is -2.76. The molecule has 0 unspecified atom stereocenters. The summed E-state index contributed by atoms with van der Waals surface area (Å²) in [5.74, 6) is 0.724. The molecule has 3 aromatic rings. The first-order valence-electron chi connectivity index (χ1n) is 10.9. The molecular weight excluding hydrogens is 452 g/mol. The van der Waals surface area contributed by atoms with Gasteiger partial charge in [0.05, 0.1) is 5.75 Å². The quantitative estimate of drug-likeness (QED) is 0.430. The summed E-state index contributed by atoms with van der Waals surface area (Å²) in [6.07, 6.45) is 0.455. The number of carbonyl (C=O) groups is 2. The van der Waals surface area contributed by atoms with Gasteiger partial charge in [0.2, 0.25) is 11.8 Å². The van der Waals surface area contributed by atoms with E-state index in [-0.39, 0.29) is 17.6 Å². The molecule has 33 heavy (non-hydrogen) atoms. The number of halogens is 1. The maximum absolute atomic E-state index is 13.4. The third kappa shape index (κ3) is 7.65. The highest BCUT2D eigenvalue weighted by Crippen LogP contribution is 2.20. The topological polar surface area (TPSA) is 49.4 Å². The van der Waals surface area contributed by atoms with Crippen molar-refractivity contribution in [1.29, 1.82) is 0 Å². The lowest BCUT2D eigenvalue weighted by atomic mass is 10.0. The van der Waals surface area contributed by atoms with Crippen LogP contribution in [-0.2, 0) is 28.3 Å². The number of aryl methyl sites for hydroxylation is 1. The minimum Gasteiger partial charge on any atom is -0.357 e. The minimum absolute atomic E-state index is 0.0620. The van der Waals surface area contributed by atoms with E-state index in [2.05, 4.69) is 11.4 Å². The highest BCUT2D eigenvalue weighted by molar-refractivity contribution is 7.99. The molecule has 0 fully saturated rings. The van der Waals surface area contributed by atoms with E-state index >= 15 is 0 Å². The Bertz CT molecular complexity index is 1070. The number of benzene rings is 3. The molecule has 0 saturated carbocycles. The number of hydrogen-bond donors (Lipinski definition) is 1. The summed E-state index contributed by atoms with van der Waals surface area (Å²) in [4.78, 5) is 28.1. The molecule has 1 N–H and O–H groups in total. The lowest BCUT2D eigenvalue weighted by Gasteiger charge is -2.31. The van der Waals surface area contributed by atoms with Crippen molar-refractivity contribution in [2.24, 2.45) is 0 Å².